The first-order valence-corrected chi connectivity index (χ1v) is 11.0. The van der Waals surface area contributed by atoms with Crippen LogP contribution in [0.25, 0.3) is 9.88 Å². The molecule has 0 aliphatic heterocycles. The van der Waals surface area contributed by atoms with Gasteiger partial charge in [-0.15, -0.1) is 22.7 Å². The highest BCUT2D eigenvalue weighted by Crippen LogP contribution is 2.39. The Kier molecular flexibility index (Phi) is 4.01. The number of aromatic nitrogens is 3. The third kappa shape index (κ3) is 3.15. The molecular weight excluding hydrogens is 366 g/mol. The first-order valence-electron chi connectivity index (χ1n) is 7.56. The van der Waals surface area contributed by atoms with Crippen LogP contribution in [0.15, 0.2) is 27.4 Å². The minimum atomic E-state index is -3.46. The van der Waals surface area contributed by atoms with E-state index >= 15 is 0 Å². The summed E-state index contributed by atoms with van der Waals surface area (Å²) < 4.78 is 30.4. The van der Waals surface area contributed by atoms with E-state index in [0.717, 1.165) is 22.7 Å². The van der Waals surface area contributed by atoms with E-state index < -0.39 is 15.1 Å². The van der Waals surface area contributed by atoms with Crippen molar-refractivity contribution in [3.05, 3.63) is 40.3 Å². The topological polar surface area (TPSA) is 86.0 Å². The summed E-state index contributed by atoms with van der Waals surface area (Å²) in [4.78, 5) is 9.74. The summed E-state index contributed by atoms with van der Waals surface area (Å²) in [6.07, 6.45) is 2.09. The lowest BCUT2D eigenvalue weighted by atomic mass is 10.4. The third-order valence-electron chi connectivity index (χ3n) is 3.92. The molecule has 3 aromatic heterocycles. The first-order chi connectivity index (χ1) is 11.5. The minimum Gasteiger partial charge on any atom is -0.338 e. The maximum absolute atomic E-state index is 12.6. The SMILES string of the molecule is C[C@@H](c1nc(C2CC2)no1)S(=O)(=O)Cc1csc(-c2cccs2)n1. The number of hydrogen-bond donors (Lipinski definition) is 0. The van der Waals surface area contributed by atoms with Crippen molar-refractivity contribution in [3.8, 4) is 9.88 Å². The summed E-state index contributed by atoms with van der Waals surface area (Å²) in [5, 5.41) is 7.68. The van der Waals surface area contributed by atoms with E-state index in [1.807, 2.05) is 17.5 Å². The molecule has 0 saturated heterocycles. The summed E-state index contributed by atoms with van der Waals surface area (Å²) in [5.74, 6) is 1.01. The van der Waals surface area contributed by atoms with Crippen LogP contribution in [-0.2, 0) is 15.6 Å². The third-order valence-corrected chi connectivity index (χ3v) is 7.83. The number of thiazole rings is 1. The molecule has 9 heteroatoms. The summed E-state index contributed by atoms with van der Waals surface area (Å²) in [6.45, 7) is 1.59. The Morgan fingerprint density at radius 2 is 2.17 bits per heavy atom. The molecule has 1 aliphatic carbocycles. The summed E-state index contributed by atoms with van der Waals surface area (Å²) in [5.41, 5.74) is 0.553. The van der Waals surface area contributed by atoms with Gasteiger partial charge in [-0.3, -0.25) is 0 Å². The molecule has 1 atom stereocenters. The van der Waals surface area contributed by atoms with Crippen molar-refractivity contribution in [3.63, 3.8) is 0 Å². The van der Waals surface area contributed by atoms with Crippen LogP contribution in [0.2, 0.25) is 0 Å². The molecule has 24 heavy (non-hydrogen) atoms. The van der Waals surface area contributed by atoms with Crippen LogP contribution in [0.4, 0.5) is 0 Å². The number of thiophene rings is 1. The normalized spacial score (nSPS) is 16.4. The van der Waals surface area contributed by atoms with E-state index in [2.05, 4.69) is 15.1 Å². The van der Waals surface area contributed by atoms with Crippen LogP contribution in [-0.4, -0.2) is 23.5 Å². The monoisotopic (exact) mass is 381 g/mol. The van der Waals surface area contributed by atoms with Gasteiger partial charge in [-0.1, -0.05) is 11.2 Å². The van der Waals surface area contributed by atoms with Gasteiger partial charge in [0.25, 0.3) is 0 Å². The van der Waals surface area contributed by atoms with Crippen molar-refractivity contribution in [2.24, 2.45) is 0 Å². The van der Waals surface area contributed by atoms with Crippen molar-refractivity contribution in [2.45, 2.75) is 36.7 Å². The van der Waals surface area contributed by atoms with Gasteiger partial charge in [0.1, 0.15) is 10.3 Å². The van der Waals surface area contributed by atoms with Crippen LogP contribution < -0.4 is 0 Å². The molecule has 4 rings (SSSR count). The number of sulfone groups is 1. The molecule has 6 nitrogen and oxygen atoms in total. The quantitative estimate of drug-likeness (QED) is 0.645. The van der Waals surface area contributed by atoms with Gasteiger partial charge in [0, 0.05) is 11.3 Å². The van der Waals surface area contributed by atoms with Crippen molar-refractivity contribution in [2.75, 3.05) is 0 Å². The van der Waals surface area contributed by atoms with Crippen molar-refractivity contribution >= 4 is 32.5 Å². The molecule has 0 aromatic carbocycles. The lowest BCUT2D eigenvalue weighted by molar-refractivity contribution is 0.371. The largest absolute Gasteiger partial charge is 0.338 e. The molecule has 1 fully saturated rings. The molecule has 0 amide bonds. The van der Waals surface area contributed by atoms with Crippen molar-refractivity contribution < 1.29 is 12.9 Å². The summed E-state index contributed by atoms with van der Waals surface area (Å²) in [6, 6.07) is 3.93. The first kappa shape index (κ1) is 15.9. The Balaban J connectivity index is 1.51. The molecule has 1 aliphatic rings. The van der Waals surface area contributed by atoms with E-state index in [1.54, 1.807) is 23.6 Å². The highest BCUT2D eigenvalue weighted by Gasteiger charge is 2.33. The molecule has 0 bridgehead atoms. The zero-order valence-electron chi connectivity index (χ0n) is 12.9. The zero-order chi connectivity index (χ0) is 16.7. The van der Waals surface area contributed by atoms with Crippen LogP contribution in [0.1, 0.15) is 48.3 Å². The molecule has 126 valence electrons. The van der Waals surface area contributed by atoms with Crippen LogP contribution in [0, 0.1) is 0 Å². The van der Waals surface area contributed by atoms with Gasteiger partial charge < -0.3 is 4.52 Å². The highest BCUT2D eigenvalue weighted by atomic mass is 32.2. The van der Waals surface area contributed by atoms with Crippen LogP contribution >= 0.6 is 22.7 Å². The van der Waals surface area contributed by atoms with Crippen molar-refractivity contribution in [1.29, 1.82) is 0 Å². The van der Waals surface area contributed by atoms with Gasteiger partial charge in [0.15, 0.2) is 15.7 Å². The Hall–Kier alpha value is -1.58. The molecule has 0 unspecified atom stereocenters. The summed E-state index contributed by atoms with van der Waals surface area (Å²) >= 11 is 3.04. The van der Waals surface area contributed by atoms with E-state index in [1.165, 1.54) is 11.3 Å². The molecule has 3 aromatic rings. The van der Waals surface area contributed by atoms with E-state index in [4.69, 9.17) is 4.52 Å². The van der Waals surface area contributed by atoms with Crippen LogP contribution in [0.3, 0.4) is 0 Å². The zero-order valence-corrected chi connectivity index (χ0v) is 15.3. The van der Waals surface area contributed by atoms with E-state index in [-0.39, 0.29) is 11.6 Å². The molecule has 0 N–H and O–H groups in total. The van der Waals surface area contributed by atoms with Gasteiger partial charge in [-0.05, 0) is 31.2 Å². The molecule has 0 spiro atoms. The Bertz CT molecular complexity index is 940. The number of nitrogens with zero attached hydrogens (tertiary/aromatic N) is 3. The van der Waals surface area contributed by atoms with Crippen molar-refractivity contribution in [1.82, 2.24) is 15.1 Å². The van der Waals surface area contributed by atoms with Gasteiger partial charge in [0.2, 0.25) is 5.89 Å². The number of hydrogen-bond acceptors (Lipinski definition) is 8. The smallest absolute Gasteiger partial charge is 0.244 e. The minimum absolute atomic E-state index is 0.128. The maximum Gasteiger partial charge on any atom is 0.244 e. The second kappa shape index (κ2) is 6.05. The predicted molar refractivity (Wildman–Crippen MR) is 92.7 cm³/mol. The lowest BCUT2D eigenvalue weighted by Crippen LogP contribution is -2.13. The maximum atomic E-state index is 12.6. The molecular formula is C15H15N3O3S3. The fourth-order valence-corrected chi connectivity index (χ4v) is 5.24. The van der Waals surface area contributed by atoms with E-state index in [0.29, 0.717) is 17.4 Å². The second-order valence-corrected chi connectivity index (χ2v) is 9.96. The van der Waals surface area contributed by atoms with E-state index in [9.17, 15) is 8.42 Å². The fourth-order valence-electron chi connectivity index (χ4n) is 2.29. The Labute approximate surface area is 147 Å². The predicted octanol–water partition coefficient (Wildman–Crippen LogP) is 3.81. The van der Waals surface area contributed by atoms with Gasteiger partial charge in [0.05, 0.1) is 16.3 Å². The second-order valence-electron chi connectivity index (χ2n) is 5.84. The number of rotatable bonds is 6. The highest BCUT2D eigenvalue weighted by molar-refractivity contribution is 7.90. The standard InChI is InChI=1S/C15H15N3O3S3/c1-9(14-17-13(18-21-14)10-4-5-10)24(19,20)8-11-7-23-15(16-11)12-3-2-6-22-12/h2-3,6-7,9-10H,4-5,8H2,1H3/t9-/m0/s1. The average Bonchev–Trinajstić information content (AvgIpc) is 3.01. The van der Waals surface area contributed by atoms with Gasteiger partial charge in [-0.25, -0.2) is 13.4 Å². The average molecular weight is 382 g/mol. The fraction of sp³-hybridized carbons (Fsp3) is 0.400. The lowest BCUT2D eigenvalue weighted by Gasteiger charge is -2.07. The van der Waals surface area contributed by atoms with Gasteiger partial charge in [-0.2, -0.15) is 4.98 Å². The summed E-state index contributed by atoms with van der Waals surface area (Å²) in [7, 11) is -3.46. The molecule has 0 radical (unpaired) electrons. The van der Waals surface area contributed by atoms with Gasteiger partial charge >= 0.3 is 0 Å². The molecule has 3 heterocycles. The molecule has 1 saturated carbocycles. The Morgan fingerprint density at radius 3 is 2.88 bits per heavy atom. The Morgan fingerprint density at radius 1 is 1.33 bits per heavy atom. The van der Waals surface area contributed by atoms with Crippen LogP contribution in [0.5, 0.6) is 0 Å².